The Balaban J connectivity index is 1.65. The third kappa shape index (κ3) is 4.67. The fourth-order valence-corrected chi connectivity index (χ4v) is 3.53. The zero-order valence-electron chi connectivity index (χ0n) is 16.9. The SMILES string of the molecule is CCOc1ccc(-c2cc(C(=O)NCc3ccc(F)c(Cl)c3)c3ccccc3n2)cc1. The number of amides is 1. The maximum Gasteiger partial charge on any atom is 0.252 e. The van der Waals surface area contributed by atoms with Gasteiger partial charge in [0.25, 0.3) is 5.91 Å². The van der Waals surface area contributed by atoms with Crippen molar-refractivity contribution in [3.63, 3.8) is 0 Å². The van der Waals surface area contributed by atoms with Gasteiger partial charge in [-0.05, 0) is 61.0 Å². The zero-order valence-corrected chi connectivity index (χ0v) is 17.6. The van der Waals surface area contributed by atoms with Gasteiger partial charge in [0.1, 0.15) is 11.6 Å². The average Bonchev–Trinajstić information content (AvgIpc) is 2.79. The van der Waals surface area contributed by atoms with Crippen molar-refractivity contribution in [1.82, 2.24) is 10.3 Å². The molecule has 4 rings (SSSR count). The second kappa shape index (κ2) is 9.14. The number of aromatic nitrogens is 1. The summed E-state index contributed by atoms with van der Waals surface area (Å²) in [4.78, 5) is 17.8. The van der Waals surface area contributed by atoms with Crippen LogP contribution in [0, 0.1) is 5.82 Å². The minimum atomic E-state index is -0.489. The van der Waals surface area contributed by atoms with Crippen LogP contribution in [0.25, 0.3) is 22.2 Å². The van der Waals surface area contributed by atoms with Gasteiger partial charge in [0, 0.05) is 17.5 Å². The molecule has 0 aliphatic heterocycles. The van der Waals surface area contributed by atoms with Gasteiger partial charge >= 0.3 is 0 Å². The van der Waals surface area contributed by atoms with Gasteiger partial charge in [-0.2, -0.15) is 0 Å². The lowest BCUT2D eigenvalue weighted by molar-refractivity contribution is 0.0952. The monoisotopic (exact) mass is 434 g/mol. The van der Waals surface area contributed by atoms with E-state index in [4.69, 9.17) is 21.3 Å². The number of hydrogen-bond donors (Lipinski definition) is 1. The van der Waals surface area contributed by atoms with Crippen LogP contribution >= 0.6 is 11.6 Å². The molecule has 4 aromatic rings. The quantitative estimate of drug-likeness (QED) is 0.403. The summed E-state index contributed by atoms with van der Waals surface area (Å²) >= 11 is 5.84. The van der Waals surface area contributed by atoms with Crippen molar-refractivity contribution in [3.05, 3.63) is 94.8 Å². The summed E-state index contributed by atoms with van der Waals surface area (Å²) in [6.07, 6.45) is 0. The molecule has 1 amide bonds. The Kier molecular flexibility index (Phi) is 6.14. The van der Waals surface area contributed by atoms with E-state index in [2.05, 4.69) is 5.32 Å². The summed E-state index contributed by atoms with van der Waals surface area (Å²) in [6.45, 7) is 2.76. The second-order valence-corrected chi connectivity index (χ2v) is 7.37. The molecule has 0 bridgehead atoms. The third-order valence-electron chi connectivity index (χ3n) is 4.86. The first-order valence-corrected chi connectivity index (χ1v) is 10.3. The lowest BCUT2D eigenvalue weighted by Crippen LogP contribution is -2.23. The highest BCUT2D eigenvalue weighted by Crippen LogP contribution is 2.26. The van der Waals surface area contributed by atoms with E-state index in [1.54, 1.807) is 12.1 Å². The van der Waals surface area contributed by atoms with E-state index in [0.717, 1.165) is 22.2 Å². The van der Waals surface area contributed by atoms with E-state index in [1.807, 2.05) is 55.5 Å². The van der Waals surface area contributed by atoms with Crippen molar-refractivity contribution in [2.24, 2.45) is 0 Å². The predicted octanol–water partition coefficient (Wildman–Crippen LogP) is 6.02. The minimum absolute atomic E-state index is 0.0268. The Hall–Kier alpha value is -3.44. The summed E-state index contributed by atoms with van der Waals surface area (Å²) in [7, 11) is 0. The van der Waals surface area contributed by atoms with Crippen molar-refractivity contribution < 1.29 is 13.9 Å². The number of fused-ring (bicyclic) bond motifs is 1. The number of ether oxygens (including phenoxy) is 1. The molecule has 0 aliphatic carbocycles. The Morgan fingerprint density at radius 3 is 2.58 bits per heavy atom. The van der Waals surface area contributed by atoms with Crippen LogP contribution in [0.3, 0.4) is 0 Å². The summed E-state index contributed by atoms with van der Waals surface area (Å²) in [6, 6.07) is 21.3. The topological polar surface area (TPSA) is 51.2 Å². The van der Waals surface area contributed by atoms with E-state index in [9.17, 15) is 9.18 Å². The molecule has 0 fully saturated rings. The highest BCUT2D eigenvalue weighted by molar-refractivity contribution is 6.30. The van der Waals surface area contributed by atoms with Crippen molar-refractivity contribution >= 4 is 28.4 Å². The fourth-order valence-electron chi connectivity index (χ4n) is 3.33. The number of hydrogen-bond acceptors (Lipinski definition) is 3. The highest BCUT2D eigenvalue weighted by atomic mass is 35.5. The molecule has 0 atom stereocenters. The molecule has 1 aromatic heterocycles. The van der Waals surface area contributed by atoms with E-state index in [-0.39, 0.29) is 17.5 Å². The van der Waals surface area contributed by atoms with E-state index >= 15 is 0 Å². The highest BCUT2D eigenvalue weighted by Gasteiger charge is 2.14. The van der Waals surface area contributed by atoms with Crippen molar-refractivity contribution in [2.45, 2.75) is 13.5 Å². The Morgan fingerprint density at radius 1 is 1.06 bits per heavy atom. The number of rotatable bonds is 6. The van der Waals surface area contributed by atoms with Crippen LogP contribution in [-0.4, -0.2) is 17.5 Å². The van der Waals surface area contributed by atoms with Gasteiger partial charge in [-0.3, -0.25) is 4.79 Å². The van der Waals surface area contributed by atoms with Crippen LogP contribution in [0.15, 0.2) is 72.8 Å². The van der Waals surface area contributed by atoms with Crippen LogP contribution in [0.1, 0.15) is 22.8 Å². The molecule has 0 aliphatic rings. The van der Waals surface area contributed by atoms with Crippen molar-refractivity contribution in [2.75, 3.05) is 6.61 Å². The van der Waals surface area contributed by atoms with Crippen molar-refractivity contribution in [3.8, 4) is 17.0 Å². The first-order chi connectivity index (χ1) is 15.0. The summed E-state index contributed by atoms with van der Waals surface area (Å²) in [5.74, 6) is 0.0473. The number of pyridine rings is 1. The first-order valence-electron chi connectivity index (χ1n) is 9.90. The number of carbonyl (C=O) groups is 1. The Bertz CT molecular complexity index is 1240. The molecule has 3 aromatic carbocycles. The van der Waals surface area contributed by atoms with Gasteiger partial charge in [-0.15, -0.1) is 0 Å². The molecule has 1 heterocycles. The number of nitrogens with zero attached hydrogens (tertiary/aromatic N) is 1. The molecule has 0 unspecified atom stereocenters. The van der Waals surface area contributed by atoms with Gasteiger partial charge in [0.05, 0.1) is 28.4 Å². The Labute approximate surface area is 184 Å². The van der Waals surface area contributed by atoms with E-state index in [0.29, 0.717) is 23.4 Å². The number of benzene rings is 3. The molecule has 156 valence electrons. The van der Waals surface area contributed by atoms with Crippen molar-refractivity contribution in [1.29, 1.82) is 0 Å². The molecular weight excluding hydrogens is 415 g/mol. The van der Waals surface area contributed by atoms with Gasteiger partial charge in [0.2, 0.25) is 0 Å². The van der Waals surface area contributed by atoms with Gasteiger partial charge in [-0.25, -0.2) is 9.37 Å². The largest absolute Gasteiger partial charge is 0.494 e. The molecule has 6 heteroatoms. The third-order valence-corrected chi connectivity index (χ3v) is 5.15. The molecule has 0 saturated heterocycles. The molecule has 0 radical (unpaired) electrons. The van der Waals surface area contributed by atoms with Crippen LogP contribution in [0.4, 0.5) is 4.39 Å². The van der Waals surface area contributed by atoms with Crippen LogP contribution < -0.4 is 10.1 Å². The lowest BCUT2D eigenvalue weighted by Gasteiger charge is -2.11. The maximum atomic E-state index is 13.4. The van der Waals surface area contributed by atoms with Crippen LogP contribution in [0.2, 0.25) is 5.02 Å². The average molecular weight is 435 g/mol. The molecule has 1 N–H and O–H groups in total. The van der Waals surface area contributed by atoms with Crippen LogP contribution in [-0.2, 0) is 6.54 Å². The van der Waals surface area contributed by atoms with Gasteiger partial charge in [0.15, 0.2) is 0 Å². The number of halogens is 2. The molecule has 4 nitrogen and oxygen atoms in total. The molecular formula is C25H20ClFN2O2. The zero-order chi connectivity index (χ0) is 21.8. The first kappa shape index (κ1) is 20.8. The molecule has 0 saturated carbocycles. The maximum absolute atomic E-state index is 13.4. The number of carbonyl (C=O) groups excluding carboxylic acids is 1. The minimum Gasteiger partial charge on any atom is -0.494 e. The van der Waals surface area contributed by atoms with E-state index in [1.165, 1.54) is 12.1 Å². The Morgan fingerprint density at radius 2 is 1.84 bits per heavy atom. The van der Waals surface area contributed by atoms with Crippen LogP contribution in [0.5, 0.6) is 5.75 Å². The standard InChI is InChI=1S/C25H20ClFN2O2/c1-2-31-18-10-8-17(9-11-18)24-14-20(19-5-3-4-6-23(19)29-24)25(30)28-15-16-7-12-22(27)21(26)13-16/h3-14H,2,15H2,1H3,(H,28,30). The second-order valence-electron chi connectivity index (χ2n) is 6.96. The van der Waals surface area contributed by atoms with Gasteiger partial charge in [-0.1, -0.05) is 35.9 Å². The number of para-hydroxylation sites is 1. The van der Waals surface area contributed by atoms with Gasteiger partial charge < -0.3 is 10.1 Å². The summed E-state index contributed by atoms with van der Waals surface area (Å²) < 4.78 is 18.9. The summed E-state index contributed by atoms with van der Waals surface area (Å²) in [5.41, 5.74) is 3.53. The lowest BCUT2D eigenvalue weighted by atomic mass is 10.0. The molecule has 31 heavy (non-hydrogen) atoms. The summed E-state index contributed by atoms with van der Waals surface area (Å²) in [5, 5.41) is 3.67. The normalized spacial score (nSPS) is 10.8. The molecule has 0 spiro atoms. The fraction of sp³-hybridized carbons (Fsp3) is 0.120. The predicted molar refractivity (Wildman–Crippen MR) is 121 cm³/mol. The number of nitrogens with one attached hydrogen (secondary N) is 1. The smallest absolute Gasteiger partial charge is 0.252 e. The van der Waals surface area contributed by atoms with E-state index < -0.39 is 5.82 Å².